The van der Waals surface area contributed by atoms with Crippen molar-refractivity contribution in [2.45, 2.75) is 13.0 Å². The number of pyridine rings is 1. The molecule has 1 aromatic heterocycles. The monoisotopic (exact) mass is 272 g/mol. The predicted octanol–water partition coefficient (Wildman–Crippen LogP) is 2.99. The summed E-state index contributed by atoms with van der Waals surface area (Å²) in [6.07, 6.45) is 0.920. The van der Waals surface area contributed by atoms with Crippen LogP contribution in [0.4, 0.5) is 5.82 Å². The Hall–Kier alpha value is -1.55. The van der Waals surface area contributed by atoms with Gasteiger partial charge in [0.2, 0.25) is 0 Å². The number of aldehydes is 1. The molecule has 1 unspecified atom stereocenters. The van der Waals surface area contributed by atoms with Gasteiger partial charge in [-0.1, -0.05) is 18.2 Å². The number of para-hydroxylation sites is 1. The predicted molar refractivity (Wildman–Crippen MR) is 81.3 cm³/mol. The van der Waals surface area contributed by atoms with E-state index < -0.39 is 0 Å². The first-order chi connectivity index (χ1) is 9.29. The Labute approximate surface area is 117 Å². The van der Waals surface area contributed by atoms with Crippen LogP contribution in [0.5, 0.6) is 0 Å². The van der Waals surface area contributed by atoms with E-state index in [1.807, 2.05) is 42.1 Å². The lowest BCUT2D eigenvalue weighted by atomic mass is 10.1. The smallest absolute Gasteiger partial charge is 0.153 e. The molecule has 2 heterocycles. The molecule has 3 nitrogen and oxygen atoms in total. The Morgan fingerprint density at radius 2 is 2.26 bits per heavy atom. The maximum atomic E-state index is 11.3. The highest BCUT2D eigenvalue weighted by atomic mass is 32.2. The second kappa shape index (κ2) is 5.21. The van der Waals surface area contributed by atoms with Gasteiger partial charge in [0.1, 0.15) is 5.82 Å². The SMILES string of the molecule is CC1CSCCN1c1nc2ccccc2cc1C=O. The van der Waals surface area contributed by atoms with Crippen molar-refractivity contribution in [2.75, 3.05) is 23.0 Å². The molecule has 4 heteroatoms. The van der Waals surface area contributed by atoms with Crippen molar-refractivity contribution in [3.05, 3.63) is 35.9 Å². The fourth-order valence-corrected chi connectivity index (χ4v) is 3.49. The number of carbonyl (C=O) groups is 1. The highest BCUT2D eigenvalue weighted by Gasteiger charge is 2.22. The van der Waals surface area contributed by atoms with E-state index in [9.17, 15) is 4.79 Å². The third kappa shape index (κ3) is 2.32. The molecular weight excluding hydrogens is 256 g/mol. The molecule has 0 radical (unpaired) electrons. The molecule has 98 valence electrons. The van der Waals surface area contributed by atoms with E-state index in [4.69, 9.17) is 4.98 Å². The molecule has 0 amide bonds. The fourth-order valence-electron chi connectivity index (χ4n) is 2.48. The van der Waals surface area contributed by atoms with Crippen molar-refractivity contribution in [2.24, 2.45) is 0 Å². The van der Waals surface area contributed by atoms with Gasteiger partial charge in [-0.25, -0.2) is 4.98 Å². The van der Waals surface area contributed by atoms with Crippen molar-refractivity contribution < 1.29 is 4.79 Å². The molecule has 1 aromatic carbocycles. The van der Waals surface area contributed by atoms with Crippen LogP contribution in [0.1, 0.15) is 17.3 Å². The zero-order chi connectivity index (χ0) is 13.2. The third-order valence-electron chi connectivity index (χ3n) is 3.50. The first kappa shape index (κ1) is 12.5. The molecule has 1 fully saturated rings. The third-order valence-corrected chi connectivity index (χ3v) is 4.69. The molecule has 0 bridgehead atoms. The van der Waals surface area contributed by atoms with Crippen LogP contribution in [0, 0.1) is 0 Å². The molecule has 19 heavy (non-hydrogen) atoms. The lowest BCUT2D eigenvalue weighted by Crippen LogP contribution is -2.41. The van der Waals surface area contributed by atoms with E-state index in [0.29, 0.717) is 11.6 Å². The van der Waals surface area contributed by atoms with Crippen LogP contribution >= 0.6 is 11.8 Å². The van der Waals surface area contributed by atoms with Crippen LogP contribution in [-0.2, 0) is 0 Å². The van der Waals surface area contributed by atoms with E-state index in [1.54, 1.807) is 0 Å². The summed E-state index contributed by atoms with van der Waals surface area (Å²) in [6.45, 7) is 3.15. The van der Waals surface area contributed by atoms with Crippen molar-refractivity contribution >= 4 is 34.8 Å². The minimum Gasteiger partial charge on any atom is -0.352 e. The number of hydrogen-bond donors (Lipinski definition) is 0. The Morgan fingerprint density at radius 1 is 1.42 bits per heavy atom. The van der Waals surface area contributed by atoms with Gasteiger partial charge in [0.15, 0.2) is 6.29 Å². The zero-order valence-corrected chi connectivity index (χ0v) is 11.7. The first-order valence-corrected chi connectivity index (χ1v) is 7.64. The summed E-state index contributed by atoms with van der Waals surface area (Å²) in [7, 11) is 0. The van der Waals surface area contributed by atoms with E-state index in [2.05, 4.69) is 11.8 Å². The number of fused-ring (bicyclic) bond motifs is 1. The molecule has 0 saturated carbocycles. The Morgan fingerprint density at radius 3 is 3.05 bits per heavy atom. The van der Waals surface area contributed by atoms with Crippen LogP contribution in [0.25, 0.3) is 10.9 Å². The molecule has 0 aliphatic carbocycles. The van der Waals surface area contributed by atoms with Gasteiger partial charge in [-0.2, -0.15) is 11.8 Å². The average Bonchev–Trinajstić information content (AvgIpc) is 2.46. The molecule has 1 saturated heterocycles. The van der Waals surface area contributed by atoms with Crippen LogP contribution in [0.3, 0.4) is 0 Å². The quantitative estimate of drug-likeness (QED) is 0.787. The number of nitrogens with zero attached hydrogens (tertiary/aromatic N) is 2. The Kier molecular flexibility index (Phi) is 3.42. The number of rotatable bonds is 2. The summed E-state index contributed by atoms with van der Waals surface area (Å²) in [4.78, 5) is 18.3. The number of carbonyl (C=O) groups excluding carboxylic acids is 1. The highest BCUT2D eigenvalue weighted by Crippen LogP contribution is 2.27. The molecule has 1 aliphatic rings. The fraction of sp³-hybridized carbons (Fsp3) is 0.333. The molecule has 3 rings (SSSR count). The van der Waals surface area contributed by atoms with Gasteiger partial charge in [0.25, 0.3) is 0 Å². The van der Waals surface area contributed by atoms with Gasteiger partial charge in [0.05, 0.1) is 11.1 Å². The Bertz CT molecular complexity index is 614. The lowest BCUT2D eigenvalue weighted by Gasteiger charge is -2.34. The highest BCUT2D eigenvalue weighted by molar-refractivity contribution is 7.99. The van der Waals surface area contributed by atoms with Gasteiger partial charge in [-0.15, -0.1) is 0 Å². The second-order valence-electron chi connectivity index (χ2n) is 4.83. The van der Waals surface area contributed by atoms with E-state index >= 15 is 0 Å². The first-order valence-electron chi connectivity index (χ1n) is 6.49. The summed E-state index contributed by atoms with van der Waals surface area (Å²) < 4.78 is 0. The van der Waals surface area contributed by atoms with E-state index in [1.165, 1.54) is 0 Å². The van der Waals surface area contributed by atoms with Crippen molar-refractivity contribution in [3.63, 3.8) is 0 Å². The topological polar surface area (TPSA) is 33.2 Å². The van der Waals surface area contributed by atoms with Crippen LogP contribution in [0.2, 0.25) is 0 Å². The van der Waals surface area contributed by atoms with E-state index in [0.717, 1.165) is 41.1 Å². The number of hydrogen-bond acceptors (Lipinski definition) is 4. The summed E-state index contributed by atoms with van der Waals surface area (Å²) in [6, 6.07) is 10.3. The van der Waals surface area contributed by atoms with Gasteiger partial charge in [-0.05, 0) is 19.1 Å². The minimum atomic E-state index is 0.422. The van der Waals surface area contributed by atoms with Gasteiger partial charge >= 0.3 is 0 Å². The standard InChI is InChI=1S/C15H16N2OS/c1-11-10-19-7-6-17(11)15-13(9-18)8-12-4-2-3-5-14(12)16-15/h2-5,8-9,11H,6-7,10H2,1H3. The average molecular weight is 272 g/mol. The molecule has 0 N–H and O–H groups in total. The number of thioether (sulfide) groups is 1. The maximum Gasteiger partial charge on any atom is 0.153 e. The van der Waals surface area contributed by atoms with E-state index in [-0.39, 0.29) is 0 Å². The molecule has 0 spiro atoms. The van der Waals surface area contributed by atoms with Crippen LogP contribution in [-0.4, -0.2) is 35.4 Å². The molecule has 1 atom stereocenters. The van der Waals surface area contributed by atoms with Crippen molar-refractivity contribution in [1.82, 2.24) is 4.98 Å². The van der Waals surface area contributed by atoms with Crippen LogP contribution in [0.15, 0.2) is 30.3 Å². The van der Waals surface area contributed by atoms with Gasteiger partial charge in [0, 0.05) is 29.5 Å². The lowest BCUT2D eigenvalue weighted by molar-refractivity contribution is 0.112. The number of benzene rings is 1. The zero-order valence-electron chi connectivity index (χ0n) is 10.9. The molecule has 1 aliphatic heterocycles. The van der Waals surface area contributed by atoms with Crippen molar-refractivity contribution in [1.29, 1.82) is 0 Å². The minimum absolute atomic E-state index is 0.422. The summed E-state index contributed by atoms with van der Waals surface area (Å²) in [5.74, 6) is 3.02. The number of aromatic nitrogens is 1. The second-order valence-corrected chi connectivity index (χ2v) is 5.98. The largest absolute Gasteiger partial charge is 0.352 e. The van der Waals surface area contributed by atoms with Crippen molar-refractivity contribution in [3.8, 4) is 0 Å². The normalized spacial score (nSPS) is 19.6. The van der Waals surface area contributed by atoms with Gasteiger partial charge < -0.3 is 4.90 Å². The summed E-state index contributed by atoms with van der Waals surface area (Å²) in [5.41, 5.74) is 1.64. The van der Waals surface area contributed by atoms with Gasteiger partial charge in [-0.3, -0.25) is 4.79 Å². The summed E-state index contributed by atoms with van der Waals surface area (Å²) in [5, 5.41) is 1.02. The molecule has 2 aromatic rings. The Balaban J connectivity index is 2.12. The number of anilines is 1. The maximum absolute atomic E-state index is 11.3. The van der Waals surface area contributed by atoms with Crippen LogP contribution < -0.4 is 4.90 Å². The summed E-state index contributed by atoms with van der Waals surface area (Å²) >= 11 is 1.96. The molecular formula is C15H16N2OS.